The van der Waals surface area contributed by atoms with Crippen LogP contribution in [-0.4, -0.2) is 25.8 Å². The minimum atomic E-state index is -0.783. The first-order valence-electron chi connectivity index (χ1n) is 6.44. The second kappa shape index (κ2) is 4.13. The first-order chi connectivity index (χ1) is 8.25. The molecule has 1 atom stereocenters. The van der Waals surface area contributed by atoms with Crippen LogP contribution in [0.3, 0.4) is 0 Å². The van der Waals surface area contributed by atoms with Gasteiger partial charge in [0.2, 0.25) is 0 Å². The minimum Gasteiger partial charge on any atom is -0.480 e. The summed E-state index contributed by atoms with van der Waals surface area (Å²) >= 11 is 0. The van der Waals surface area contributed by atoms with E-state index in [1.165, 1.54) is 12.8 Å². The van der Waals surface area contributed by atoms with Crippen LogP contribution in [-0.2, 0) is 11.2 Å². The number of hydrogen-bond donors (Lipinski definition) is 1. The number of aryl methyl sites for hydroxylation is 1. The van der Waals surface area contributed by atoms with Crippen molar-refractivity contribution in [1.82, 2.24) is 14.8 Å². The van der Waals surface area contributed by atoms with E-state index in [-0.39, 0.29) is 0 Å². The zero-order valence-electron chi connectivity index (χ0n) is 9.80. The standard InChI is InChI=1S/C12H17N3O2/c16-12(17)9-6-3-7-10-13-11(14-15(9)10)8-4-1-2-5-8/h8-9H,1-7H2,(H,16,17). The highest BCUT2D eigenvalue weighted by Crippen LogP contribution is 2.33. The lowest BCUT2D eigenvalue weighted by Crippen LogP contribution is -2.26. The van der Waals surface area contributed by atoms with Crippen molar-refractivity contribution in [3.63, 3.8) is 0 Å². The highest BCUT2D eigenvalue weighted by atomic mass is 16.4. The van der Waals surface area contributed by atoms with Gasteiger partial charge in [0.25, 0.3) is 0 Å². The molecule has 17 heavy (non-hydrogen) atoms. The van der Waals surface area contributed by atoms with Crippen LogP contribution < -0.4 is 0 Å². The van der Waals surface area contributed by atoms with Crippen molar-refractivity contribution in [3.05, 3.63) is 11.6 Å². The maximum absolute atomic E-state index is 11.2. The van der Waals surface area contributed by atoms with Crippen molar-refractivity contribution >= 4 is 5.97 Å². The van der Waals surface area contributed by atoms with Crippen molar-refractivity contribution in [2.45, 2.75) is 56.9 Å². The number of nitrogens with zero attached hydrogens (tertiary/aromatic N) is 3. The average molecular weight is 235 g/mol. The summed E-state index contributed by atoms with van der Waals surface area (Å²) in [5.41, 5.74) is 0. The van der Waals surface area contributed by atoms with Crippen LogP contribution in [0.15, 0.2) is 0 Å². The number of hydrogen-bond acceptors (Lipinski definition) is 3. The number of carbonyl (C=O) groups is 1. The van der Waals surface area contributed by atoms with Crippen LogP contribution in [0.1, 0.15) is 62.1 Å². The van der Waals surface area contributed by atoms with Crippen LogP contribution in [0.5, 0.6) is 0 Å². The van der Waals surface area contributed by atoms with Gasteiger partial charge in [-0.05, 0) is 25.7 Å². The molecule has 5 heteroatoms. The Morgan fingerprint density at radius 2 is 2.00 bits per heavy atom. The molecule has 3 rings (SSSR count). The third-order valence-corrected chi connectivity index (χ3v) is 3.90. The fraction of sp³-hybridized carbons (Fsp3) is 0.750. The van der Waals surface area contributed by atoms with E-state index < -0.39 is 12.0 Å². The summed E-state index contributed by atoms with van der Waals surface area (Å²) < 4.78 is 1.65. The zero-order valence-corrected chi connectivity index (χ0v) is 9.80. The molecule has 1 aromatic rings. The van der Waals surface area contributed by atoms with Gasteiger partial charge < -0.3 is 5.11 Å². The lowest BCUT2D eigenvalue weighted by molar-refractivity contribution is -0.141. The quantitative estimate of drug-likeness (QED) is 0.850. The van der Waals surface area contributed by atoms with Crippen molar-refractivity contribution < 1.29 is 9.90 Å². The van der Waals surface area contributed by atoms with Crippen molar-refractivity contribution in [2.75, 3.05) is 0 Å². The molecule has 0 spiro atoms. The minimum absolute atomic E-state index is 0.461. The molecule has 2 aliphatic rings. The van der Waals surface area contributed by atoms with E-state index in [1.54, 1.807) is 4.68 Å². The van der Waals surface area contributed by atoms with Crippen molar-refractivity contribution in [3.8, 4) is 0 Å². The summed E-state index contributed by atoms with van der Waals surface area (Å²) in [6, 6.07) is -0.499. The number of carboxylic acids is 1. The molecular formula is C12H17N3O2. The van der Waals surface area contributed by atoms with Crippen molar-refractivity contribution in [1.29, 1.82) is 0 Å². The summed E-state index contributed by atoms with van der Waals surface area (Å²) in [5.74, 6) is 1.42. The van der Waals surface area contributed by atoms with E-state index >= 15 is 0 Å². The third-order valence-electron chi connectivity index (χ3n) is 3.90. The molecule has 0 aromatic carbocycles. The van der Waals surface area contributed by atoms with Gasteiger partial charge in [-0.15, -0.1) is 0 Å². The molecule has 0 radical (unpaired) electrons. The SMILES string of the molecule is O=C(O)C1CCCc2nc(C3CCCC3)nn21. The lowest BCUT2D eigenvalue weighted by atomic mass is 10.1. The molecule has 1 fully saturated rings. The molecule has 1 saturated carbocycles. The Morgan fingerprint density at radius 1 is 1.24 bits per heavy atom. The second-order valence-electron chi connectivity index (χ2n) is 5.06. The van der Waals surface area contributed by atoms with Crippen molar-refractivity contribution in [2.24, 2.45) is 0 Å². The second-order valence-corrected chi connectivity index (χ2v) is 5.06. The van der Waals surface area contributed by atoms with Gasteiger partial charge in [0.05, 0.1) is 0 Å². The molecule has 92 valence electrons. The molecule has 0 amide bonds. The van der Waals surface area contributed by atoms with Gasteiger partial charge in [0.15, 0.2) is 11.9 Å². The predicted octanol–water partition coefficient (Wildman–Crippen LogP) is 1.90. The number of fused-ring (bicyclic) bond motifs is 1. The average Bonchev–Trinajstić information content (AvgIpc) is 2.96. The van der Waals surface area contributed by atoms with Gasteiger partial charge in [-0.25, -0.2) is 14.5 Å². The fourth-order valence-electron chi connectivity index (χ4n) is 2.95. The smallest absolute Gasteiger partial charge is 0.328 e. The summed E-state index contributed by atoms with van der Waals surface area (Å²) in [4.78, 5) is 15.7. The molecule has 0 bridgehead atoms. The summed E-state index contributed by atoms with van der Waals surface area (Å²) in [6.45, 7) is 0. The largest absolute Gasteiger partial charge is 0.480 e. The van der Waals surface area contributed by atoms with Crippen LogP contribution in [0, 0.1) is 0 Å². The first-order valence-corrected chi connectivity index (χ1v) is 6.44. The van der Waals surface area contributed by atoms with Gasteiger partial charge in [0.1, 0.15) is 5.82 Å². The molecule has 5 nitrogen and oxygen atoms in total. The number of aliphatic carboxylic acids is 1. The Bertz CT molecular complexity index is 435. The zero-order chi connectivity index (χ0) is 11.8. The van der Waals surface area contributed by atoms with Crippen LogP contribution in [0.2, 0.25) is 0 Å². The molecule has 1 unspecified atom stereocenters. The van der Waals surface area contributed by atoms with E-state index in [0.29, 0.717) is 12.3 Å². The monoisotopic (exact) mass is 235 g/mol. The number of aromatic nitrogens is 3. The topological polar surface area (TPSA) is 68.0 Å². The lowest BCUT2D eigenvalue weighted by Gasteiger charge is -2.19. The van der Waals surface area contributed by atoms with Gasteiger partial charge in [-0.3, -0.25) is 0 Å². The molecule has 2 heterocycles. The Hall–Kier alpha value is -1.39. The van der Waals surface area contributed by atoms with E-state index in [9.17, 15) is 9.90 Å². The molecule has 1 N–H and O–H groups in total. The van der Waals surface area contributed by atoms with Crippen LogP contribution >= 0.6 is 0 Å². The van der Waals surface area contributed by atoms with Gasteiger partial charge in [-0.2, -0.15) is 5.10 Å². The molecular weight excluding hydrogens is 218 g/mol. The van der Waals surface area contributed by atoms with Crippen LogP contribution in [0.25, 0.3) is 0 Å². The summed E-state index contributed by atoms with van der Waals surface area (Å²) in [5, 5.41) is 13.6. The van der Waals surface area contributed by atoms with E-state index in [2.05, 4.69) is 10.1 Å². The highest BCUT2D eigenvalue weighted by Gasteiger charge is 2.30. The Morgan fingerprint density at radius 3 is 2.71 bits per heavy atom. The number of carboxylic acid groups (broad SMARTS) is 1. The Balaban J connectivity index is 1.92. The van der Waals surface area contributed by atoms with Gasteiger partial charge in [0, 0.05) is 12.3 Å². The van der Waals surface area contributed by atoms with E-state index in [1.807, 2.05) is 0 Å². The number of rotatable bonds is 2. The maximum atomic E-state index is 11.2. The van der Waals surface area contributed by atoms with Crippen LogP contribution in [0.4, 0.5) is 0 Å². The molecule has 1 aliphatic carbocycles. The molecule has 1 aromatic heterocycles. The predicted molar refractivity (Wildman–Crippen MR) is 60.8 cm³/mol. The molecule has 1 aliphatic heterocycles. The Kier molecular flexibility index (Phi) is 2.61. The highest BCUT2D eigenvalue weighted by molar-refractivity contribution is 5.71. The maximum Gasteiger partial charge on any atom is 0.328 e. The summed E-state index contributed by atoms with van der Waals surface area (Å²) in [7, 11) is 0. The van der Waals surface area contributed by atoms with E-state index in [0.717, 1.165) is 37.3 Å². The van der Waals surface area contributed by atoms with Gasteiger partial charge >= 0.3 is 5.97 Å². The van der Waals surface area contributed by atoms with E-state index in [4.69, 9.17) is 0 Å². The Labute approximate surface area is 99.9 Å². The van der Waals surface area contributed by atoms with Gasteiger partial charge in [-0.1, -0.05) is 12.8 Å². The molecule has 0 saturated heterocycles. The summed E-state index contributed by atoms with van der Waals surface area (Å²) in [6.07, 6.45) is 7.25. The third kappa shape index (κ3) is 1.83. The normalized spacial score (nSPS) is 24.8. The first kappa shape index (κ1) is 10.7. The fourth-order valence-corrected chi connectivity index (χ4v) is 2.95.